The Kier molecular flexibility index (Phi) is 13.6. The van der Waals surface area contributed by atoms with Gasteiger partial charge in [0.15, 0.2) is 18.2 Å². The summed E-state index contributed by atoms with van der Waals surface area (Å²) < 4.78 is 39.0. The van der Waals surface area contributed by atoms with Crippen LogP contribution in [0.25, 0.3) is 0 Å². The first-order valence-electron chi connectivity index (χ1n) is 16.3. The van der Waals surface area contributed by atoms with Crippen molar-refractivity contribution < 1.29 is 32.3 Å². The van der Waals surface area contributed by atoms with Crippen LogP contribution in [0.2, 0.25) is 28.2 Å². The van der Waals surface area contributed by atoms with Gasteiger partial charge < -0.3 is 19.6 Å². The number of sulfone groups is 1. The normalized spacial score (nSPS) is 14.5. The molecule has 0 aliphatic rings. The molecule has 0 unspecified atom stereocenters. The van der Waals surface area contributed by atoms with Gasteiger partial charge in [-0.05, 0) is 93.6 Å². The molecule has 0 aromatic heterocycles. The first-order chi connectivity index (χ1) is 22.6. The first-order valence-corrected chi connectivity index (χ1v) is 21.6. The third-order valence-electron chi connectivity index (χ3n) is 8.73. The van der Waals surface area contributed by atoms with Gasteiger partial charge in [-0.1, -0.05) is 92.5 Å². The smallest absolute Gasteiger partial charge is 0.407 e. The highest BCUT2D eigenvalue weighted by molar-refractivity contribution is 7.90. The quantitative estimate of drug-likeness (QED) is 0.158. The summed E-state index contributed by atoms with van der Waals surface area (Å²) in [6.45, 7) is 15.9. The Bertz CT molecular complexity index is 1670. The van der Waals surface area contributed by atoms with Crippen LogP contribution in [0, 0.1) is 5.92 Å². The second-order valence-corrected chi connectivity index (χ2v) is 22.5. The number of aliphatic carboxylic acids is 1. The molecule has 0 aliphatic heterocycles. The summed E-state index contributed by atoms with van der Waals surface area (Å²) in [5.74, 6) is -2.30. The van der Waals surface area contributed by atoms with Gasteiger partial charge in [-0.3, -0.25) is 4.79 Å². The van der Waals surface area contributed by atoms with E-state index in [2.05, 4.69) is 39.2 Å². The van der Waals surface area contributed by atoms with Crippen molar-refractivity contribution in [3.63, 3.8) is 0 Å². The third kappa shape index (κ3) is 12.1. The zero-order chi connectivity index (χ0) is 36.8. The standard InChI is InChI=1S/C37H49Cl2NO7SSi/c1-36(2,3)46-35(43)40-32(22-25-13-10-9-11-14-25)33(47-49(7,8)37(4,5)6)23-27(34(41)42)21-26-17-19-28(20-18-26)48(44,45)24-29-30(38)15-12-16-31(29)39/h9-20,27,32-33H,21-24H2,1-8H3,(H,40,43)(H,41,42)/t27-,32+,33+/m1/s1. The van der Waals surface area contributed by atoms with Crippen molar-refractivity contribution in [3.05, 3.63) is 99.5 Å². The van der Waals surface area contributed by atoms with Crippen molar-refractivity contribution in [3.8, 4) is 0 Å². The average Bonchev–Trinajstić information content (AvgIpc) is 2.97. The Labute approximate surface area is 302 Å². The van der Waals surface area contributed by atoms with Crippen molar-refractivity contribution in [2.45, 2.75) is 107 Å². The summed E-state index contributed by atoms with van der Waals surface area (Å²) in [5.41, 5.74) is 1.18. The Balaban J connectivity index is 1.94. The molecule has 1 amide bonds. The molecule has 0 fully saturated rings. The van der Waals surface area contributed by atoms with Crippen molar-refractivity contribution in [1.29, 1.82) is 0 Å². The molecule has 12 heteroatoms. The van der Waals surface area contributed by atoms with E-state index in [0.717, 1.165) is 5.56 Å². The number of ether oxygens (including phenoxy) is 1. The number of hydrogen-bond acceptors (Lipinski definition) is 6. The number of rotatable bonds is 14. The number of carboxylic acid groups (broad SMARTS) is 1. The van der Waals surface area contributed by atoms with Gasteiger partial charge >= 0.3 is 12.1 Å². The molecular weight excluding hydrogens is 701 g/mol. The van der Waals surface area contributed by atoms with Gasteiger partial charge in [0, 0.05) is 15.6 Å². The van der Waals surface area contributed by atoms with E-state index in [0.29, 0.717) is 17.5 Å². The largest absolute Gasteiger partial charge is 0.481 e. The summed E-state index contributed by atoms with van der Waals surface area (Å²) in [5, 5.41) is 13.8. The number of halogens is 2. The number of carbonyl (C=O) groups is 2. The topological polar surface area (TPSA) is 119 Å². The van der Waals surface area contributed by atoms with Crippen LogP contribution in [-0.4, -0.2) is 51.7 Å². The van der Waals surface area contributed by atoms with Gasteiger partial charge in [0.2, 0.25) is 0 Å². The van der Waals surface area contributed by atoms with Gasteiger partial charge in [0.25, 0.3) is 0 Å². The number of alkyl carbamates (subject to hydrolysis) is 1. The molecule has 3 aromatic rings. The summed E-state index contributed by atoms with van der Waals surface area (Å²) in [6.07, 6.45) is -0.671. The van der Waals surface area contributed by atoms with Crippen molar-refractivity contribution >= 4 is 53.4 Å². The molecule has 0 aliphatic carbocycles. The molecule has 0 saturated heterocycles. The maximum absolute atomic E-state index is 13.2. The molecule has 3 aromatic carbocycles. The lowest BCUT2D eigenvalue weighted by Gasteiger charge is -2.42. The van der Waals surface area contributed by atoms with E-state index in [1.165, 1.54) is 12.1 Å². The lowest BCUT2D eigenvalue weighted by molar-refractivity contribution is -0.142. The second kappa shape index (κ2) is 16.4. The maximum atomic E-state index is 13.2. The second-order valence-electron chi connectivity index (χ2n) is 14.9. The van der Waals surface area contributed by atoms with Crippen molar-refractivity contribution in [2.75, 3.05) is 0 Å². The molecule has 268 valence electrons. The molecule has 3 atom stereocenters. The minimum absolute atomic E-state index is 0.0720. The molecule has 8 nitrogen and oxygen atoms in total. The van der Waals surface area contributed by atoms with Crippen LogP contribution in [0.5, 0.6) is 0 Å². The Morgan fingerprint density at radius 1 is 0.837 bits per heavy atom. The number of carbonyl (C=O) groups excluding carboxylic acids is 1. The maximum Gasteiger partial charge on any atom is 0.407 e. The van der Waals surface area contributed by atoms with Crippen LogP contribution in [0.3, 0.4) is 0 Å². The number of hydrogen-bond donors (Lipinski definition) is 2. The Hall–Kier alpha value is -2.89. The minimum atomic E-state index is -3.79. The van der Waals surface area contributed by atoms with E-state index in [-0.39, 0.29) is 38.6 Å². The van der Waals surface area contributed by atoms with Crippen LogP contribution in [0.15, 0.2) is 77.7 Å². The van der Waals surface area contributed by atoms with Gasteiger partial charge in [-0.25, -0.2) is 13.2 Å². The van der Waals surface area contributed by atoms with Gasteiger partial charge in [-0.15, -0.1) is 0 Å². The molecule has 0 saturated carbocycles. The summed E-state index contributed by atoms with van der Waals surface area (Å²) in [4.78, 5) is 26.0. The predicted octanol–water partition coefficient (Wildman–Crippen LogP) is 9.13. The van der Waals surface area contributed by atoms with Crippen molar-refractivity contribution in [1.82, 2.24) is 5.32 Å². The van der Waals surface area contributed by atoms with E-state index in [9.17, 15) is 23.1 Å². The Morgan fingerprint density at radius 2 is 1.39 bits per heavy atom. The van der Waals surface area contributed by atoms with Crippen LogP contribution < -0.4 is 5.32 Å². The van der Waals surface area contributed by atoms with Gasteiger partial charge in [0.1, 0.15) is 5.60 Å². The molecule has 0 spiro atoms. The fourth-order valence-electron chi connectivity index (χ4n) is 5.06. The monoisotopic (exact) mass is 749 g/mol. The SMILES string of the molecule is CC(C)(C)OC(=O)N[C@@H](Cc1ccccc1)[C@H](C[C@@H](Cc1ccc(S(=O)(=O)Cc2c(Cl)cccc2Cl)cc1)C(=O)O)O[Si](C)(C)C(C)(C)C. The van der Waals surface area contributed by atoms with E-state index < -0.39 is 53.9 Å². The summed E-state index contributed by atoms with van der Waals surface area (Å²) >= 11 is 12.4. The number of carboxylic acids is 1. The lowest BCUT2D eigenvalue weighted by atomic mass is 9.89. The molecule has 49 heavy (non-hydrogen) atoms. The predicted molar refractivity (Wildman–Crippen MR) is 199 cm³/mol. The average molecular weight is 751 g/mol. The van der Waals surface area contributed by atoms with Gasteiger partial charge in [0.05, 0.1) is 28.7 Å². The zero-order valence-corrected chi connectivity index (χ0v) is 32.9. The minimum Gasteiger partial charge on any atom is -0.481 e. The van der Waals surface area contributed by atoms with Crippen LogP contribution in [0.4, 0.5) is 4.79 Å². The third-order valence-corrected chi connectivity index (χ3v) is 15.6. The molecule has 2 N–H and O–H groups in total. The van der Waals surface area contributed by atoms with Crippen molar-refractivity contribution in [2.24, 2.45) is 5.92 Å². The van der Waals surface area contributed by atoms with E-state index in [1.807, 2.05) is 30.3 Å². The summed E-state index contributed by atoms with van der Waals surface area (Å²) in [6, 6.07) is 20.1. The number of benzene rings is 3. The number of amides is 1. The highest BCUT2D eigenvalue weighted by Gasteiger charge is 2.42. The van der Waals surface area contributed by atoms with Gasteiger partial charge in [-0.2, -0.15) is 0 Å². The fourth-order valence-corrected chi connectivity index (χ4v) is 8.53. The van der Waals surface area contributed by atoms with E-state index in [4.69, 9.17) is 32.4 Å². The highest BCUT2D eigenvalue weighted by atomic mass is 35.5. The van der Waals surface area contributed by atoms with Crippen LogP contribution in [-0.2, 0) is 42.4 Å². The number of nitrogens with one attached hydrogen (secondary N) is 1. The molecule has 0 bridgehead atoms. The fraction of sp³-hybridized carbons (Fsp3) is 0.459. The molecule has 0 radical (unpaired) electrons. The molecular formula is C37H49Cl2NO7SSi. The first kappa shape index (κ1) is 40.5. The van der Waals surface area contributed by atoms with E-state index in [1.54, 1.807) is 51.1 Å². The van der Waals surface area contributed by atoms with E-state index >= 15 is 0 Å². The van der Waals surface area contributed by atoms with Crippen LogP contribution in [0.1, 0.15) is 64.7 Å². The molecule has 0 heterocycles. The zero-order valence-electron chi connectivity index (χ0n) is 29.5. The highest BCUT2D eigenvalue weighted by Crippen LogP contribution is 2.39. The molecule has 3 rings (SSSR count). The Morgan fingerprint density at radius 3 is 1.90 bits per heavy atom. The lowest BCUT2D eigenvalue weighted by Crippen LogP contribution is -2.54. The summed E-state index contributed by atoms with van der Waals surface area (Å²) in [7, 11) is -6.27. The van der Waals surface area contributed by atoms with Crippen LogP contribution >= 0.6 is 23.2 Å².